The number of carbonyl (C=O) groups excluding carboxylic acids is 2. The van der Waals surface area contributed by atoms with Gasteiger partial charge in [0.05, 0.1) is 5.71 Å². The summed E-state index contributed by atoms with van der Waals surface area (Å²) in [6.07, 6.45) is 7.85. The predicted octanol–water partition coefficient (Wildman–Crippen LogP) is 5.81. The van der Waals surface area contributed by atoms with Gasteiger partial charge in [0.1, 0.15) is 18.5 Å². The molecule has 0 radical (unpaired) electrons. The lowest BCUT2D eigenvalue weighted by atomic mass is 9.88. The molecule has 2 aliphatic rings. The van der Waals surface area contributed by atoms with Crippen LogP contribution >= 0.6 is 0 Å². The van der Waals surface area contributed by atoms with Crippen LogP contribution in [-0.4, -0.2) is 54.8 Å². The van der Waals surface area contributed by atoms with Crippen LogP contribution in [0.5, 0.6) is 0 Å². The van der Waals surface area contributed by atoms with Gasteiger partial charge in [-0.15, -0.1) is 0 Å². The number of ether oxygens (including phenoxy) is 1. The molecule has 4 N–H and O–H groups in total. The Balaban J connectivity index is 1.38. The number of amides is 2. The highest BCUT2D eigenvalue weighted by Gasteiger charge is 2.48. The molecule has 2 amide bonds. The quantitative estimate of drug-likeness (QED) is 0.0848. The van der Waals surface area contributed by atoms with E-state index in [1.54, 1.807) is 23.1 Å². The van der Waals surface area contributed by atoms with Crippen LogP contribution in [0.1, 0.15) is 68.5 Å². The van der Waals surface area contributed by atoms with Crippen LogP contribution in [0.2, 0.25) is 25.7 Å². The van der Waals surface area contributed by atoms with Crippen molar-refractivity contribution in [2.24, 2.45) is 17.8 Å². The van der Waals surface area contributed by atoms with Gasteiger partial charge in [0.2, 0.25) is 5.91 Å². The Morgan fingerprint density at radius 1 is 1.10 bits per heavy atom. The Kier molecular flexibility index (Phi) is 10.4. The fraction of sp³-hybridized carbons (Fsp3) is 0.562. The summed E-state index contributed by atoms with van der Waals surface area (Å²) >= 11 is 0. The van der Waals surface area contributed by atoms with E-state index in [-0.39, 0.29) is 23.8 Å². The van der Waals surface area contributed by atoms with Gasteiger partial charge in [-0.3, -0.25) is 19.7 Å². The van der Waals surface area contributed by atoms with Crippen molar-refractivity contribution in [1.29, 1.82) is 5.41 Å². The van der Waals surface area contributed by atoms with Crippen LogP contribution in [0.3, 0.4) is 0 Å². The van der Waals surface area contributed by atoms with Crippen molar-refractivity contribution >= 4 is 31.3 Å². The largest absolute Gasteiger partial charge is 0.368 e. The monoisotopic (exact) mass is 592 g/mol. The molecule has 0 bridgehead atoms. The molecule has 2 aliphatic carbocycles. The minimum absolute atomic E-state index is 0.0373. The molecule has 0 spiro atoms. The third kappa shape index (κ3) is 8.88. The lowest BCUT2D eigenvalue weighted by molar-refractivity contribution is -0.119. The summed E-state index contributed by atoms with van der Waals surface area (Å²) in [5, 5.41) is 22.2. The smallest absolute Gasteiger partial charge is 0.270 e. The average molecular weight is 593 g/mol. The lowest BCUT2D eigenvalue weighted by Gasteiger charge is -2.28. The van der Waals surface area contributed by atoms with Crippen molar-refractivity contribution in [3.63, 3.8) is 0 Å². The maximum Gasteiger partial charge on any atom is 0.270 e. The molecule has 2 aromatic rings. The first-order valence-electron chi connectivity index (χ1n) is 15.3. The van der Waals surface area contributed by atoms with E-state index in [1.807, 2.05) is 45.0 Å². The van der Waals surface area contributed by atoms with E-state index < -0.39 is 14.1 Å². The molecule has 228 valence electrons. The maximum atomic E-state index is 13.7. The zero-order valence-electron chi connectivity index (χ0n) is 26.0. The Morgan fingerprint density at radius 3 is 2.31 bits per heavy atom. The molecule has 1 heterocycles. The van der Waals surface area contributed by atoms with Gasteiger partial charge in [0, 0.05) is 38.8 Å². The van der Waals surface area contributed by atoms with Crippen LogP contribution in [0.15, 0.2) is 48.3 Å². The topological polar surface area (TPSA) is 121 Å². The molecule has 1 atom stereocenters. The number of nitrogens with zero attached hydrogens (tertiary/aromatic N) is 2. The Labute approximate surface area is 251 Å². The molecule has 9 nitrogen and oxygen atoms in total. The number of anilines is 1. The van der Waals surface area contributed by atoms with Crippen molar-refractivity contribution < 1.29 is 14.3 Å². The van der Waals surface area contributed by atoms with Crippen molar-refractivity contribution in [3.05, 3.63) is 59.6 Å². The summed E-state index contributed by atoms with van der Waals surface area (Å²) < 4.78 is 7.36. The first-order valence-corrected chi connectivity index (χ1v) is 19.0. The van der Waals surface area contributed by atoms with Gasteiger partial charge in [-0.25, -0.2) is 0 Å². The lowest BCUT2D eigenvalue weighted by Crippen LogP contribution is -2.50. The number of allylic oxidation sites excluding steroid dienone is 1. The van der Waals surface area contributed by atoms with Crippen LogP contribution in [-0.2, 0) is 9.53 Å². The molecule has 2 saturated carbocycles. The second-order valence-electron chi connectivity index (χ2n) is 13.3. The minimum atomic E-state index is -1.11. The normalized spacial score (nSPS) is 16.4. The second-order valence-corrected chi connectivity index (χ2v) is 18.9. The van der Waals surface area contributed by atoms with E-state index in [4.69, 9.17) is 10.1 Å². The SMILES string of the molecule is C/C(=C/NCOCC[Si](C)(C)C)C(=N)c1ccc(NC(=O)[C@@H](NC(=O)c2ccnn2C(C)C)C(C2CC2)C2CC2)cc1. The molecular formula is C32H48N6O3Si. The molecule has 10 heteroatoms. The zero-order valence-corrected chi connectivity index (χ0v) is 27.0. The highest BCUT2D eigenvalue weighted by molar-refractivity contribution is 6.76. The maximum absolute atomic E-state index is 13.7. The standard InChI is InChI=1S/C32H48N6O3Si/c1-21(2)38-27(15-16-35-38)31(39)37-30(28(23-7-8-23)24-9-10-24)32(40)36-26-13-11-25(12-14-26)29(33)22(3)19-34-20-41-17-18-42(4,5)6/h11-16,19,21,23-24,28,30,33-34H,7-10,17-18,20H2,1-6H3,(H,36,40)(H,37,39)/b22-19-,33-29?/t30-/m0/s1. The van der Waals surface area contributed by atoms with Gasteiger partial charge in [0.25, 0.3) is 5.91 Å². The Morgan fingerprint density at radius 2 is 1.74 bits per heavy atom. The second kappa shape index (κ2) is 13.8. The molecule has 2 fully saturated rings. The first kappa shape index (κ1) is 31.7. The molecule has 0 aliphatic heterocycles. The number of nitrogens with one attached hydrogen (secondary N) is 4. The van der Waals surface area contributed by atoms with Crippen LogP contribution in [0.4, 0.5) is 5.69 Å². The molecular weight excluding hydrogens is 544 g/mol. The van der Waals surface area contributed by atoms with Gasteiger partial charge < -0.3 is 20.7 Å². The van der Waals surface area contributed by atoms with Gasteiger partial charge in [0.15, 0.2) is 0 Å². The van der Waals surface area contributed by atoms with Gasteiger partial charge in [-0.1, -0.05) is 31.8 Å². The van der Waals surface area contributed by atoms with E-state index in [0.717, 1.165) is 49.5 Å². The van der Waals surface area contributed by atoms with Gasteiger partial charge in [-0.2, -0.15) is 5.10 Å². The Hall–Kier alpha value is -3.24. The van der Waals surface area contributed by atoms with E-state index in [1.165, 1.54) is 0 Å². The van der Waals surface area contributed by atoms with Gasteiger partial charge in [-0.05, 0) is 99.6 Å². The number of rotatable bonds is 16. The number of hydrogen-bond acceptors (Lipinski definition) is 6. The van der Waals surface area contributed by atoms with Crippen molar-refractivity contribution in [3.8, 4) is 0 Å². The van der Waals surface area contributed by atoms with Crippen molar-refractivity contribution in [2.75, 3.05) is 18.7 Å². The molecule has 4 rings (SSSR count). The molecule has 0 unspecified atom stereocenters. The predicted molar refractivity (Wildman–Crippen MR) is 171 cm³/mol. The van der Waals surface area contributed by atoms with Crippen molar-refractivity contribution in [1.82, 2.24) is 20.4 Å². The molecule has 1 aromatic heterocycles. The van der Waals surface area contributed by atoms with E-state index in [9.17, 15) is 9.59 Å². The fourth-order valence-corrected chi connectivity index (χ4v) is 6.05. The molecule has 0 saturated heterocycles. The number of carbonyl (C=O) groups is 2. The summed E-state index contributed by atoms with van der Waals surface area (Å²) in [5.41, 5.74) is 3.05. The number of aromatic nitrogens is 2. The minimum Gasteiger partial charge on any atom is -0.368 e. The van der Waals surface area contributed by atoms with Crippen LogP contribution < -0.4 is 16.0 Å². The number of benzene rings is 1. The summed E-state index contributed by atoms with van der Waals surface area (Å²) in [5.74, 6) is 0.617. The van der Waals surface area contributed by atoms with Gasteiger partial charge >= 0.3 is 0 Å². The summed E-state index contributed by atoms with van der Waals surface area (Å²) in [7, 11) is -1.11. The highest BCUT2D eigenvalue weighted by Crippen LogP contribution is 2.51. The van der Waals surface area contributed by atoms with E-state index in [2.05, 4.69) is 40.7 Å². The Bertz CT molecular complexity index is 1260. The fourth-order valence-electron chi connectivity index (χ4n) is 5.29. The van der Waals surface area contributed by atoms with Crippen molar-refractivity contribution in [2.45, 2.75) is 84.2 Å². The summed E-state index contributed by atoms with van der Waals surface area (Å²) in [6, 6.07) is 9.56. The third-order valence-corrected chi connectivity index (χ3v) is 9.72. The molecule has 42 heavy (non-hydrogen) atoms. The molecule has 1 aromatic carbocycles. The summed E-state index contributed by atoms with van der Waals surface area (Å²) in [6.45, 7) is 14.0. The van der Waals surface area contributed by atoms with Crippen LogP contribution in [0.25, 0.3) is 0 Å². The zero-order chi connectivity index (χ0) is 30.4. The van der Waals surface area contributed by atoms with E-state index in [0.29, 0.717) is 35.7 Å². The average Bonchev–Trinajstić information content (AvgIpc) is 3.88. The third-order valence-electron chi connectivity index (χ3n) is 8.01. The summed E-state index contributed by atoms with van der Waals surface area (Å²) in [4.78, 5) is 27.0. The number of hydrogen-bond donors (Lipinski definition) is 4. The first-order chi connectivity index (χ1) is 19.9. The van der Waals surface area contributed by atoms with Crippen LogP contribution in [0, 0.1) is 23.2 Å². The van der Waals surface area contributed by atoms with E-state index >= 15 is 0 Å². The highest BCUT2D eigenvalue weighted by atomic mass is 28.3.